The zero-order valence-electron chi connectivity index (χ0n) is 9.72. The summed E-state index contributed by atoms with van der Waals surface area (Å²) in [5, 5.41) is 11.9. The number of carboxylic acids is 1. The molecule has 0 atom stereocenters. The summed E-state index contributed by atoms with van der Waals surface area (Å²) in [6.45, 7) is 7.61. The lowest BCUT2D eigenvalue weighted by atomic mass is 10.1. The van der Waals surface area contributed by atoms with Crippen molar-refractivity contribution in [2.45, 2.75) is 45.4 Å². The number of rotatable bonds is 10. The molecular formula is C12H23NO2. The molecule has 0 unspecified atom stereocenters. The van der Waals surface area contributed by atoms with Crippen molar-refractivity contribution in [1.82, 2.24) is 5.32 Å². The zero-order chi connectivity index (χ0) is 11.5. The Bertz CT molecular complexity index is 190. The predicted molar refractivity (Wildman–Crippen MR) is 63.0 cm³/mol. The molecule has 0 radical (unpaired) electrons. The third-order valence-electron chi connectivity index (χ3n) is 2.34. The van der Waals surface area contributed by atoms with Gasteiger partial charge in [-0.25, -0.2) is 4.79 Å². The third-order valence-corrected chi connectivity index (χ3v) is 2.34. The maximum atomic E-state index is 10.4. The number of nitrogens with one attached hydrogen (secondary N) is 1. The summed E-state index contributed by atoms with van der Waals surface area (Å²) in [6, 6.07) is 0. The molecule has 0 saturated heterocycles. The number of aliphatic carboxylic acids is 1. The number of carboxylic acid groups (broad SMARTS) is 1. The Balaban J connectivity index is 3.11. The molecule has 3 heteroatoms. The van der Waals surface area contributed by atoms with Crippen LogP contribution in [0, 0.1) is 0 Å². The van der Waals surface area contributed by atoms with Gasteiger partial charge in [-0.2, -0.15) is 0 Å². The fourth-order valence-corrected chi connectivity index (χ4v) is 1.34. The van der Waals surface area contributed by atoms with Gasteiger partial charge in [0, 0.05) is 5.57 Å². The maximum Gasteiger partial charge on any atom is 0.330 e. The van der Waals surface area contributed by atoms with Crippen LogP contribution in [-0.2, 0) is 4.79 Å². The summed E-state index contributed by atoms with van der Waals surface area (Å²) in [5.74, 6) is -0.877. The molecule has 0 rings (SSSR count). The number of hydrogen-bond donors (Lipinski definition) is 2. The topological polar surface area (TPSA) is 49.3 Å². The first kappa shape index (κ1) is 14.2. The van der Waals surface area contributed by atoms with Crippen LogP contribution in [0.1, 0.15) is 45.4 Å². The van der Waals surface area contributed by atoms with Crippen LogP contribution in [0.25, 0.3) is 0 Å². The van der Waals surface area contributed by atoms with E-state index in [1.54, 1.807) is 0 Å². The Hall–Kier alpha value is -0.830. The lowest BCUT2D eigenvalue weighted by molar-refractivity contribution is -0.132. The van der Waals surface area contributed by atoms with Crippen molar-refractivity contribution in [1.29, 1.82) is 0 Å². The second-order valence-corrected chi connectivity index (χ2v) is 3.82. The fourth-order valence-electron chi connectivity index (χ4n) is 1.34. The van der Waals surface area contributed by atoms with Crippen molar-refractivity contribution < 1.29 is 9.90 Å². The highest BCUT2D eigenvalue weighted by molar-refractivity contribution is 5.85. The molecule has 0 aliphatic heterocycles. The summed E-state index contributed by atoms with van der Waals surface area (Å²) < 4.78 is 0. The summed E-state index contributed by atoms with van der Waals surface area (Å²) in [7, 11) is 0. The highest BCUT2D eigenvalue weighted by Gasteiger charge is 2.01. The minimum Gasteiger partial charge on any atom is -0.478 e. The first-order chi connectivity index (χ1) is 7.18. The van der Waals surface area contributed by atoms with Crippen LogP contribution in [0.4, 0.5) is 0 Å². The van der Waals surface area contributed by atoms with E-state index in [9.17, 15) is 4.79 Å². The molecule has 2 N–H and O–H groups in total. The molecule has 0 spiro atoms. The monoisotopic (exact) mass is 213 g/mol. The van der Waals surface area contributed by atoms with Crippen molar-refractivity contribution in [2.75, 3.05) is 13.1 Å². The molecular weight excluding hydrogens is 190 g/mol. The normalized spacial score (nSPS) is 10.2. The van der Waals surface area contributed by atoms with Crippen LogP contribution < -0.4 is 5.32 Å². The Kier molecular flexibility index (Phi) is 9.18. The van der Waals surface area contributed by atoms with Crippen LogP contribution in [-0.4, -0.2) is 24.2 Å². The van der Waals surface area contributed by atoms with Gasteiger partial charge in [-0.1, -0.05) is 32.8 Å². The van der Waals surface area contributed by atoms with E-state index in [4.69, 9.17) is 5.11 Å². The quantitative estimate of drug-likeness (QED) is 0.433. The van der Waals surface area contributed by atoms with E-state index in [-0.39, 0.29) is 0 Å². The molecule has 0 aromatic carbocycles. The molecule has 0 bridgehead atoms. The van der Waals surface area contributed by atoms with Crippen LogP contribution in [0.5, 0.6) is 0 Å². The highest BCUT2D eigenvalue weighted by Crippen LogP contribution is 2.01. The summed E-state index contributed by atoms with van der Waals surface area (Å²) in [4.78, 5) is 10.4. The molecule has 0 aliphatic carbocycles. The number of unbranched alkanes of at least 4 members (excludes halogenated alkanes) is 3. The Morgan fingerprint density at radius 1 is 1.20 bits per heavy atom. The summed E-state index contributed by atoms with van der Waals surface area (Å²) in [5.41, 5.74) is 0.308. The standard InChI is InChI=1S/C12H23NO2/c1-3-4-5-6-9-13-10-7-8-11(2)12(14)15/h13H,2-10H2,1H3,(H,14,15). The van der Waals surface area contributed by atoms with Gasteiger partial charge in [0.1, 0.15) is 0 Å². The molecule has 0 aliphatic rings. The van der Waals surface area contributed by atoms with Crippen molar-refractivity contribution in [3.05, 3.63) is 12.2 Å². The van der Waals surface area contributed by atoms with Gasteiger partial charge in [0.05, 0.1) is 0 Å². The predicted octanol–water partition coefficient (Wildman–Crippen LogP) is 2.58. The minimum atomic E-state index is -0.877. The molecule has 0 amide bonds. The van der Waals surface area contributed by atoms with E-state index in [1.165, 1.54) is 25.7 Å². The van der Waals surface area contributed by atoms with E-state index in [0.717, 1.165) is 19.5 Å². The van der Waals surface area contributed by atoms with Gasteiger partial charge in [-0.15, -0.1) is 0 Å². The number of hydrogen-bond acceptors (Lipinski definition) is 2. The van der Waals surface area contributed by atoms with Gasteiger partial charge in [-0.05, 0) is 32.4 Å². The first-order valence-corrected chi connectivity index (χ1v) is 5.80. The van der Waals surface area contributed by atoms with Crippen LogP contribution in [0.2, 0.25) is 0 Å². The Morgan fingerprint density at radius 2 is 1.87 bits per heavy atom. The van der Waals surface area contributed by atoms with Gasteiger partial charge in [0.15, 0.2) is 0 Å². The van der Waals surface area contributed by atoms with Gasteiger partial charge >= 0.3 is 5.97 Å². The summed E-state index contributed by atoms with van der Waals surface area (Å²) in [6.07, 6.45) is 6.51. The van der Waals surface area contributed by atoms with Crippen molar-refractivity contribution in [2.24, 2.45) is 0 Å². The zero-order valence-corrected chi connectivity index (χ0v) is 9.72. The van der Waals surface area contributed by atoms with E-state index in [2.05, 4.69) is 18.8 Å². The molecule has 3 nitrogen and oxygen atoms in total. The molecule has 0 saturated carbocycles. The molecule has 0 heterocycles. The Morgan fingerprint density at radius 3 is 2.47 bits per heavy atom. The van der Waals surface area contributed by atoms with Gasteiger partial charge < -0.3 is 10.4 Å². The van der Waals surface area contributed by atoms with Crippen LogP contribution >= 0.6 is 0 Å². The molecule has 0 aromatic heterocycles. The molecule has 0 fully saturated rings. The minimum absolute atomic E-state index is 0.308. The molecule has 15 heavy (non-hydrogen) atoms. The van der Waals surface area contributed by atoms with Crippen molar-refractivity contribution >= 4 is 5.97 Å². The maximum absolute atomic E-state index is 10.4. The lowest BCUT2D eigenvalue weighted by Gasteiger charge is -2.04. The van der Waals surface area contributed by atoms with E-state index < -0.39 is 5.97 Å². The van der Waals surface area contributed by atoms with Gasteiger partial charge in [-0.3, -0.25) is 0 Å². The molecule has 0 aromatic rings. The van der Waals surface area contributed by atoms with E-state index in [1.807, 2.05) is 0 Å². The number of carbonyl (C=O) groups is 1. The Labute approximate surface area is 92.6 Å². The van der Waals surface area contributed by atoms with Crippen molar-refractivity contribution in [3.8, 4) is 0 Å². The van der Waals surface area contributed by atoms with E-state index >= 15 is 0 Å². The smallest absolute Gasteiger partial charge is 0.330 e. The van der Waals surface area contributed by atoms with E-state index in [0.29, 0.717) is 12.0 Å². The first-order valence-electron chi connectivity index (χ1n) is 5.80. The molecule has 88 valence electrons. The van der Waals surface area contributed by atoms with Gasteiger partial charge in [0.25, 0.3) is 0 Å². The van der Waals surface area contributed by atoms with Crippen LogP contribution in [0.3, 0.4) is 0 Å². The largest absolute Gasteiger partial charge is 0.478 e. The highest BCUT2D eigenvalue weighted by atomic mass is 16.4. The fraction of sp³-hybridized carbons (Fsp3) is 0.750. The average molecular weight is 213 g/mol. The SMILES string of the molecule is C=C(CCCNCCCCCC)C(=O)O. The second-order valence-electron chi connectivity index (χ2n) is 3.82. The average Bonchev–Trinajstić information content (AvgIpc) is 2.21. The van der Waals surface area contributed by atoms with Gasteiger partial charge in [0.2, 0.25) is 0 Å². The third kappa shape index (κ3) is 9.47. The van der Waals surface area contributed by atoms with Crippen molar-refractivity contribution in [3.63, 3.8) is 0 Å². The lowest BCUT2D eigenvalue weighted by Crippen LogP contribution is -2.17. The summed E-state index contributed by atoms with van der Waals surface area (Å²) >= 11 is 0. The second kappa shape index (κ2) is 9.71. The van der Waals surface area contributed by atoms with Crippen LogP contribution in [0.15, 0.2) is 12.2 Å².